The van der Waals surface area contributed by atoms with Crippen LogP contribution in [0.2, 0.25) is 5.02 Å². The molecule has 3 aliphatic rings. The van der Waals surface area contributed by atoms with Crippen molar-refractivity contribution in [3.05, 3.63) is 58.6 Å². The minimum absolute atomic E-state index is 0.0760. The molecule has 2 atom stereocenters. The molecule has 0 aromatic heterocycles. The number of carbonyl (C=O) groups excluding carboxylic acids is 1. The summed E-state index contributed by atoms with van der Waals surface area (Å²) < 4.78 is 17.4. The number of amides is 1. The molecule has 0 N–H and O–H groups in total. The Bertz CT molecular complexity index is 1040. The van der Waals surface area contributed by atoms with E-state index in [-0.39, 0.29) is 5.91 Å². The van der Waals surface area contributed by atoms with Gasteiger partial charge in [0, 0.05) is 42.8 Å². The van der Waals surface area contributed by atoms with Gasteiger partial charge in [0.15, 0.2) is 11.5 Å². The standard InChI is InChI=1S/C25H27ClN2O4/c1-30-23-12-18-8-9-28(25(29)7-6-17-4-2-3-5-21(17)26)22(18)14-24(23)31-11-10-27-15-20-13-19(27)16-32-20/h2-7,12,14,19-20H,8-11,13,15-16H2,1H3/b7-6+. The molecule has 2 fully saturated rings. The molecular weight excluding hydrogens is 428 g/mol. The predicted molar refractivity (Wildman–Crippen MR) is 125 cm³/mol. The van der Waals surface area contributed by atoms with E-state index in [1.54, 1.807) is 24.2 Å². The fraction of sp³-hybridized carbons (Fsp3) is 0.400. The molecule has 7 heteroatoms. The lowest BCUT2D eigenvalue weighted by Crippen LogP contribution is -2.39. The van der Waals surface area contributed by atoms with E-state index in [4.69, 9.17) is 25.8 Å². The van der Waals surface area contributed by atoms with Gasteiger partial charge in [0.05, 0.1) is 25.5 Å². The van der Waals surface area contributed by atoms with Crippen molar-refractivity contribution >= 4 is 29.3 Å². The largest absolute Gasteiger partial charge is 0.493 e. The molecule has 3 heterocycles. The van der Waals surface area contributed by atoms with Crippen LogP contribution in [0.25, 0.3) is 6.08 Å². The maximum Gasteiger partial charge on any atom is 0.251 e. The highest BCUT2D eigenvalue weighted by Gasteiger charge is 2.38. The van der Waals surface area contributed by atoms with Crippen LogP contribution in [0.1, 0.15) is 17.5 Å². The van der Waals surface area contributed by atoms with Gasteiger partial charge in [0.2, 0.25) is 0 Å². The molecule has 1 amide bonds. The number of fused-ring (bicyclic) bond motifs is 3. The number of anilines is 1. The van der Waals surface area contributed by atoms with Crippen LogP contribution in [0.4, 0.5) is 5.69 Å². The smallest absolute Gasteiger partial charge is 0.251 e. The van der Waals surface area contributed by atoms with Crippen LogP contribution in [-0.2, 0) is 16.0 Å². The number of hydrogen-bond donors (Lipinski definition) is 0. The first kappa shape index (κ1) is 21.3. The van der Waals surface area contributed by atoms with Gasteiger partial charge in [-0.15, -0.1) is 0 Å². The molecule has 5 rings (SSSR count). The van der Waals surface area contributed by atoms with Crippen LogP contribution < -0.4 is 14.4 Å². The summed E-state index contributed by atoms with van der Waals surface area (Å²) in [5.74, 6) is 1.30. The summed E-state index contributed by atoms with van der Waals surface area (Å²) in [5.41, 5.74) is 2.78. The second kappa shape index (κ2) is 9.14. The molecule has 3 aliphatic heterocycles. The first-order chi connectivity index (χ1) is 15.6. The zero-order valence-corrected chi connectivity index (χ0v) is 18.9. The van der Waals surface area contributed by atoms with Gasteiger partial charge in [-0.05, 0) is 42.2 Å². The van der Waals surface area contributed by atoms with E-state index >= 15 is 0 Å². The van der Waals surface area contributed by atoms with Gasteiger partial charge >= 0.3 is 0 Å². The monoisotopic (exact) mass is 454 g/mol. The number of methoxy groups -OCH3 is 1. The highest BCUT2D eigenvalue weighted by molar-refractivity contribution is 6.32. The van der Waals surface area contributed by atoms with E-state index in [1.165, 1.54) is 0 Å². The summed E-state index contributed by atoms with van der Waals surface area (Å²) in [6.45, 7) is 3.86. The van der Waals surface area contributed by atoms with Crippen LogP contribution in [0.15, 0.2) is 42.5 Å². The molecule has 0 aliphatic carbocycles. The highest BCUT2D eigenvalue weighted by Crippen LogP contribution is 2.39. The van der Waals surface area contributed by atoms with E-state index in [9.17, 15) is 4.79 Å². The Morgan fingerprint density at radius 1 is 1.28 bits per heavy atom. The zero-order valence-electron chi connectivity index (χ0n) is 18.1. The Balaban J connectivity index is 1.28. The number of carbonyl (C=O) groups is 1. The second-order valence-corrected chi connectivity index (χ2v) is 8.82. The number of morpholine rings is 1. The number of nitrogens with zero attached hydrogens (tertiary/aromatic N) is 2. The molecule has 6 nitrogen and oxygen atoms in total. The van der Waals surface area contributed by atoms with Crippen molar-refractivity contribution in [1.29, 1.82) is 0 Å². The topological polar surface area (TPSA) is 51.2 Å². The fourth-order valence-electron chi connectivity index (χ4n) is 4.78. The Labute approximate surface area is 193 Å². The molecule has 168 valence electrons. The summed E-state index contributed by atoms with van der Waals surface area (Å²) in [6.07, 6.45) is 5.63. The number of benzene rings is 2. The normalized spacial score (nSPS) is 22.0. The van der Waals surface area contributed by atoms with Crippen molar-refractivity contribution in [2.45, 2.75) is 25.0 Å². The number of hydrogen-bond acceptors (Lipinski definition) is 5. The number of halogens is 1. The van der Waals surface area contributed by atoms with Gasteiger partial charge in [0.1, 0.15) is 6.61 Å². The SMILES string of the molecule is COc1cc2c(cc1OCCN1CC3CC1CO3)N(C(=O)/C=C/c1ccccc1Cl)CC2. The van der Waals surface area contributed by atoms with Crippen molar-refractivity contribution in [3.63, 3.8) is 0 Å². The van der Waals surface area contributed by atoms with Crippen molar-refractivity contribution in [1.82, 2.24) is 4.90 Å². The summed E-state index contributed by atoms with van der Waals surface area (Å²) in [4.78, 5) is 17.1. The maximum atomic E-state index is 12.9. The Hall–Kier alpha value is -2.54. The molecule has 2 unspecified atom stereocenters. The third-order valence-electron chi connectivity index (χ3n) is 6.49. The summed E-state index contributed by atoms with van der Waals surface area (Å²) in [6, 6.07) is 11.9. The van der Waals surface area contributed by atoms with Crippen LogP contribution in [0.3, 0.4) is 0 Å². The summed E-state index contributed by atoms with van der Waals surface area (Å²) in [7, 11) is 1.65. The van der Waals surface area contributed by atoms with E-state index in [2.05, 4.69) is 4.90 Å². The third kappa shape index (κ3) is 4.22. The number of likely N-dealkylation sites (tertiary alicyclic amines) is 1. The number of ether oxygens (including phenoxy) is 3. The van der Waals surface area contributed by atoms with Gasteiger partial charge in [0.25, 0.3) is 5.91 Å². The first-order valence-corrected chi connectivity index (χ1v) is 11.4. The van der Waals surface area contributed by atoms with E-state index in [0.717, 1.165) is 49.4 Å². The quantitative estimate of drug-likeness (QED) is 0.595. The molecule has 2 bridgehead atoms. The van der Waals surface area contributed by atoms with E-state index in [1.807, 2.05) is 36.4 Å². The van der Waals surface area contributed by atoms with E-state index < -0.39 is 0 Å². The van der Waals surface area contributed by atoms with Gasteiger partial charge in [-0.1, -0.05) is 29.8 Å². The molecule has 0 spiro atoms. The van der Waals surface area contributed by atoms with Crippen LogP contribution in [-0.4, -0.2) is 62.9 Å². The van der Waals surface area contributed by atoms with E-state index in [0.29, 0.717) is 41.8 Å². The summed E-state index contributed by atoms with van der Waals surface area (Å²) in [5, 5.41) is 0.622. The van der Waals surface area contributed by atoms with Crippen LogP contribution >= 0.6 is 11.6 Å². The molecule has 2 saturated heterocycles. The van der Waals surface area contributed by atoms with Gasteiger partial charge in [-0.2, -0.15) is 0 Å². The van der Waals surface area contributed by atoms with Gasteiger partial charge in [-0.3, -0.25) is 9.69 Å². The maximum absolute atomic E-state index is 12.9. The first-order valence-electron chi connectivity index (χ1n) is 11.1. The number of rotatable bonds is 7. The second-order valence-electron chi connectivity index (χ2n) is 8.41. The average Bonchev–Trinajstić information content (AvgIpc) is 3.53. The van der Waals surface area contributed by atoms with Crippen molar-refractivity contribution in [2.24, 2.45) is 0 Å². The lowest BCUT2D eigenvalue weighted by Gasteiger charge is -2.26. The highest BCUT2D eigenvalue weighted by atomic mass is 35.5. The lowest BCUT2D eigenvalue weighted by atomic mass is 10.1. The van der Waals surface area contributed by atoms with Gasteiger partial charge < -0.3 is 19.1 Å². The Morgan fingerprint density at radius 2 is 2.16 bits per heavy atom. The predicted octanol–water partition coefficient (Wildman–Crippen LogP) is 3.80. The van der Waals surface area contributed by atoms with Crippen LogP contribution in [0.5, 0.6) is 11.5 Å². The summed E-state index contributed by atoms with van der Waals surface area (Å²) >= 11 is 6.20. The molecule has 2 aromatic rings. The van der Waals surface area contributed by atoms with Crippen molar-refractivity contribution < 1.29 is 19.0 Å². The third-order valence-corrected chi connectivity index (χ3v) is 6.83. The van der Waals surface area contributed by atoms with Crippen molar-refractivity contribution in [3.8, 4) is 11.5 Å². The molecule has 0 saturated carbocycles. The average molecular weight is 455 g/mol. The molecule has 32 heavy (non-hydrogen) atoms. The minimum atomic E-state index is -0.0760. The Kier molecular flexibility index (Phi) is 6.09. The van der Waals surface area contributed by atoms with Gasteiger partial charge in [-0.25, -0.2) is 0 Å². The minimum Gasteiger partial charge on any atom is -0.493 e. The zero-order chi connectivity index (χ0) is 22.1. The van der Waals surface area contributed by atoms with Crippen LogP contribution in [0, 0.1) is 0 Å². The van der Waals surface area contributed by atoms with Crippen molar-refractivity contribution in [2.75, 3.05) is 44.9 Å². The lowest BCUT2D eigenvalue weighted by molar-refractivity contribution is -0.114. The molecule has 2 aromatic carbocycles. The molecule has 0 radical (unpaired) electrons. The molecular formula is C25H27ClN2O4. The Morgan fingerprint density at radius 3 is 2.91 bits per heavy atom. The fourth-order valence-corrected chi connectivity index (χ4v) is 4.98.